The van der Waals surface area contributed by atoms with Gasteiger partial charge in [-0.05, 0) is 38.1 Å². The Balaban J connectivity index is 1.76. The van der Waals surface area contributed by atoms with Crippen LogP contribution in [-0.2, 0) is 0 Å². The Kier molecular flexibility index (Phi) is 3.07. The van der Waals surface area contributed by atoms with E-state index in [0.29, 0.717) is 13.2 Å². The molecule has 0 bridgehead atoms. The van der Waals surface area contributed by atoms with Crippen molar-refractivity contribution >= 4 is 5.69 Å². The molecule has 0 aliphatic carbocycles. The van der Waals surface area contributed by atoms with Gasteiger partial charge in [-0.15, -0.1) is 0 Å². The van der Waals surface area contributed by atoms with E-state index in [1.807, 2.05) is 37.3 Å². The summed E-state index contributed by atoms with van der Waals surface area (Å²) in [6, 6.07) is 9.94. The zero-order valence-electron chi connectivity index (χ0n) is 11.1. The Labute approximate surface area is 112 Å². The van der Waals surface area contributed by atoms with Crippen LogP contribution in [0.2, 0.25) is 0 Å². The Morgan fingerprint density at radius 1 is 1.05 bits per heavy atom. The lowest BCUT2D eigenvalue weighted by molar-refractivity contribution is 0.171. The zero-order valence-corrected chi connectivity index (χ0v) is 11.1. The molecular formula is C15H17NO3. The van der Waals surface area contributed by atoms with Gasteiger partial charge in [0.05, 0.1) is 6.04 Å². The van der Waals surface area contributed by atoms with E-state index in [1.165, 1.54) is 0 Å². The summed E-state index contributed by atoms with van der Waals surface area (Å²) in [7, 11) is 0. The zero-order chi connectivity index (χ0) is 13.2. The van der Waals surface area contributed by atoms with Gasteiger partial charge < -0.3 is 19.2 Å². The van der Waals surface area contributed by atoms with E-state index in [9.17, 15) is 0 Å². The molecule has 1 aliphatic heterocycles. The van der Waals surface area contributed by atoms with Crippen molar-refractivity contribution in [3.8, 4) is 11.5 Å². The van der Waals surface area contributed by atoms with E-state index in [4.69, 9.17) is 13.9 Å². The van der Waals surface area contributed by atoms with E-state index in [-0.39, 0.29) is 6.04 Å². The molecule has 1 aromatic carbocycles. The van der Waals surface area contributed by atoms with Gasteiger partial charge >= 0.3 is 0 Å². The van der Waals surface area contributed by atoms with Gasteiger partial charge in [-0.2, -0.15) is 0 Å². The van der Waals surface area contributed by atoms with Crippen molar-refractivity contribution in [1.82, 2.24) is 0 Å². The number of hydrogen-bond donors (Lipinski definition) is 1. The van der Waals surface area contributed by atoms with Gasteiger partial charge in [0.2, 0.25) is 0 Å². The van der Waals surface area contributed by atoms with Crippen LogP contribution in [0.1, 0.15) is 24.5 Å². The second kappa shape index (κ2) is 4.88. The predicted molar refractivity (Wildman–Crippen MR) is 72.9 cm³/mol. The van der Waals surface area contributed by atoms with Crippen LogP contribution in [-0.4, -0.2) is 13.2 Å². The van der Waals surface area contributed by atoms with Gasteiger partial charge in [-0.25, -0.2) is 0 Å². The fraction of sp³-hybridized carbons (Fsp3) is 0.333. The fourth-order valence-corrected chi connectivity index (χ4v) is 2.14. The summed E-state index contributed by atoms with van der Waals surface area (Å²) >= 11 is 0. The first-order valence-corrected chi connectivity index (χ1v) is 6.45. The van der Waals surface area contributed by atoms with Crippen molar-refractivity contribution < 1.29 is 13.9 Å². The van der Waals surface area contributed by atoms with Crippen molar-refractivity contribution in [1.29, 1.82) is 0 Å². The van der Waals surface area contributed by atoms with Crippen molar-refractivity contribution in [3.05, 3.63) is 41.9 Å². The van der Waals surface area contributed by atoms with E-state index >= 15 is 0 Å². The molecule has 100 valence electrons. The molecule has 2 aromatic rings. The summed E-state index contributed by atoms with van der Waals surface area (Å²) in [5, 5.41) is 3.39. The third-order valence-electron chi connectivity index (χ3n) is 3.11. The molecule has 1 aromatic heterocycles. The fourth-order valence-electron chi connectivity index (χ4n) is 2.14. The highest BCUT2D eigenvalue weighted by atomic mass is 16.6. The summed E-state index contributed by atoms with van der Waals surface area (Å²) in [4.78, 5) is 0. The number of nitrogens with one attached hydrogen (secondary N) is 1. The molecular weight excluding hydrogens is 242 g/mol. The molecule has 3 rings (SSSR count). The molecule has 19 heavy (non-hydrogen) atoms. The number of rotatable bonds is 3. The molecule has 0 spiro atoms. The quantitative estimate of drug-likeness (QED) is 0.915. The van der Waals surface area contributed by atoms with Gasteiger partial charge in [-0.3, -0.25) is 0 Å². The van der Waals surface area contributed by atoms with Gasteiger partial charge in [0.15, 0.2) is 11.5 Å². The van der Waals surface area contributed by atoms with Crippen LogP contribution in [0.3, 0.4) is 0 Å². The molecule has 1 N–H and O–H groups in total. The maximum atomic E-state index is 5.61. The monoisotopic (exact) mass is 259 g/mol. The van der Waals surface area contributed by atoms with Crippen LogP contribution in [0.25, 0.3) is 0 Å². The second-order valence-corrected chi connectivity index (χ2v) is 4.67. The lowest BCUT2D eigenvalue weighted by Gasteiger charge is -2.20. The van der Waals surface area contributed by atoms with Crippen LogP contribution in [0, 0.1) is 6.92 Å². The molecule has 0 radical (unpaired) electrons. The summed E-state index contributed by atoms with van der Waals surface area (Å²) in [6.45, 7) is 5.22. The molecule has 4 nitrogen and oxygen atoms in total. The molecule has 1 aliphatic rings. The van der Waals surface area contributed by atoms with Crippen molar-refractivity contribution in [2.75, 3.05) is 18.5 Å². The second-order valence-electron chi connectivity index (χ2n) is 4.67. The first kappa shape index (κ1) is 12.0. The Morgan fingerprint density at radius 2 is 1.84 bits per heavy atom. The summed E-state index contributed by atoms with van der Waals surface area (Å²) in [6.07, 6.45) is 0. The Morgan fingerprint density at radius 3 is 2.58 bits per heavy atom. The predicted octanol–water partition coefficient (Wildman–Crippen LogP) is 3.53. The summed E-state index contributed by atoms with van der Waals surface area (Å²) in [5.41, 5.74) is 0.991. The molecule has 0 saturated heterocycles. The maximum Gasteiger partial charge on any atom is 0.163 e. The smallest absolute Gasteiger partial charge is 0.163 e. The van der Waals surface area contributed by atoms with Crippen LogP contribution in [0.4, 0.5) is 5.69 Å². The summed E-state index contributed by atoms with van der Waals surface area (Å²) in [5.74, 6) is 3.44. The van der Waals surface area contributed by atoms with Crippen LogP contribution in [0.5, 0.6) is 11.5 Å². The number of anilines is 1. The first-order chi connectivity index (χ1) is 9.22. The largest absolute Gasteiger partial charge is 0.486 e. The minimum atomic E-state index is 0.108. The van der Waals surface area contributed by atoms with E-state index < -0.39 is 0 Å². The number of furan rings is 1. The highest BCUT2D eigenvalue weighted by Gasteiger charge is 2.14. The third-order valence-corrected chi connectivity index (χ3v) is 3.11. The normalized spacial score (nSPS) is 15.1. The maximum absolute atomic E-state index is 5.61. The number of aryl methyl sites for hydroxylation is 1. The highest BCUT2D eigenvalue weighted by Crippen LogP contribution is 2.33. The topological polar surface area (TPSA) is 43.6 Å². The number of ether oxygens (including phenoxy) is 2. The molecule has 1 unspecified atom stereocenters. The Hall–Kier alpha value is -2.10. The SMILES string of the molecule is Cc1ccc(C(C)Nc2ccc3c(c2)OCCO3)o1. The molecule has 0 fully saturated rings. The van der Waals surface area contributed by atoms with E-state index in [1.54, 1.807) is 0 Å². The Bertz CT molecular complexity index is 577. The standard InChI is InChI=1S/C15H17NO3/c1-10-3-5-13(19-10)11(2)16-12-4-6-14-15(9-12)18-8-7-17-14/h3-6,9,11,16H,7-8H2,1-2H3. The molecule has 1 atom stereocenters. The van der Waals surface area contributed by atoms with Crippen molar-refractivity contribution in [3.63, 3.8) is 0 Å². The van der Waals surface area contributed by atoms with Gasteiger partial charge in [0.1, 0.15) is 24.7 Å². The van der Waals surface area contributed by atoms with Gasteiger partial charge in [0.25, 0.3) is 0 Å². The van der Waals surface area contributed by atoms with Crippen LogP contribution in [0.15, 0.2) is 34.7 Å². The molecule has 0 saturated carbocycles. The minimum Gasteiger partial charge on any atom is -0.486 e. The average molecular weight is 259 g/mol. The molecule has 2 heterocycles. The third kappa shape index (κ3) is 2.52. The van der Waals surface area contributed by atoms with Gasteiger partial charge in [-0.1, -0.05) is 0 Å². The van der Waals surface area contributed by atoms with E-state index in [2.05, 4.69) is 12.2 Å². The first-order valence-electron chi connectivity index (χ1n) is 6.45. The minimum absolute atomic E-state index is 0.108. The average Bonchev–Trinajstić information content (AvgIpc) is 2.85. The molecule has 0 amide bonds. The highest BCUT2D eigenvalue weighted by molar-refractivity contribution is 5.55. The lowest BCUT2D eigenvalue weighted by atomic mass is 10.2. The van der Waals surface area contributed by atoms with Crippen LogP contribution >= 0.6 is 0 Å². The molecule has 4 heteroatoms. The van der Waals surface area contributed by atoms with Crippen molar-refractivity contribution in [2.24, 2.45) is 0 Å². The van der Waals surface area contributed by atoms with Crippen LogP contribution < -0.4 is 14.8 Å². The van der Waals surface area contributed by atoms with E-state index in [0.717, 1.165) is 28.7 Å². The lowest BCUT2D eigenvalue weighted by Crippen LogP contribution is -2.15. The number of hydrogen-bond acceptors (Lipinski definition) is 4. The number of benzene rings is 1. The van der Waals surface area contributed by atoms with Gasteiger partial charge in [0, 0.05) is 11.8 Å². The number of fused-ring (bicyclic) bond motifs is 1. The summed E-state index contributed by atoms with van der Waals surface area (Å²) < 4.78 is 16.7. The van der Waals surface area contributed by atoms with Crippen molar-refractivity contribution in [2.45, 2.75) is 19.9 Å².